The van der Waals surface area contributed by atoms with E-state index in [9.17, 15) is 0 Å². The van der Waals surface area contributed by atoms with Gasteiger partial charge in [-0.25, -0.2) is 0 Å². The van der Waals surface area contributed by atoms with Crippen LogP contribution in [0.5, 0.6) is 0 Å². The second-order valence-corrected chi connectivity index (χ2v) is 4.48. The van der Waals surface area contributed by atoms with E-state index >= 15 is 0 Å². The Balaban J connectivity index is 2.42. The standard InChI is InChI=1S/C11H23N/c1-5-11-6-7-12(9(2)3)10(4)8-11/h9-11H,5-8H2,1-4H3/t10-,11-/m1/s1. The molecule has 1 heteroatoms. The van der Waals surface area contributed by atoms with Gasteiger partial charge in [-0.2, -0.15) is 0 Å². The monoisotopic (exact) mass is 169 g/mol. The van der Waals surface area contributed by atoms with Gasteiger partial charge in [0.15, 0.2) is 0 Å². The molecule has 0 saturated carbocycles. The molecule has 2 atom stereocenters. The molecule has 1 saturated heterocycles. The minimum absolute atomic E-state index is 0.734. The predicted octanol–water partition coefficient (Wildman–Crippen LogP) is 2.91. The van der Waals surface area contributed by atoms with Crippen LogP contribution in [0.2, 0.25) is 0 Å². The van der Waals surface area contributed by atoms with Crippen molar-refractivity contribution >= 4 is 0 Å². The average molecular weight is 169 g/mol. The first kappa shape index (κ1) is 10.0. The van der Waals surface area contributed by atoms with E-state index in [0.717, 1.165) is 18.0 Å². The maximum atomic E-state index is 2.63. The molecule has 1 nitrogen and oxygen atoms in total. The molecule has 12 heavy (non-hydrogen) atoms. The Hall–Kier alpha value is -0.0400. The van der Waals surface area contributed by atoms with Crippen molar-refractivity contribution in [2.24, 2.45) is 5.92 Å². The number of nitrogens with zero attached hydrogens (tertiary/aromatic N) is 1. The maximum Gasteiger partial charge on any atom is 0.00722 e. The summed E-state index contributed by atoms with van der Waals surface area (Å²) in [7, 11) is 0. The lowest BCUT2D eigenvalue weighted by Gasteiger charge is -2.40. The lowest BCUT2D eigenvalue weighted by atomic mass is 9.89. The van der Waals surface area contributed by atoms with Gasteiger partial charge in [0.05, 0.1) is 0 Å². The van der Waals surface area contributed by atoms with E-state index in [1.807, 2.05) is 0 Å². The van der Waals surface area contributed by atoms with Crippen LogP contribution in [0.4, 0.5) is 0 Å². The second kappa shape index (κ2) is 4.27. The van der Waals surface area contributed by atoms with Crippen molar-refractivity contribution in [3.05, 3.63) is 0 Å². The Labute approximate surface area is 77.1 Å². The SMILES string of the molecule is CC[C@@H]1CCN(C(C)C)[C@H](C)C1. The molecule has 0 aromatic heterocycles. The van der Waals surface area contributed by atoms with Crippen molar-refractivity contribution < 1.29 is 0 Å². The highest BCUT2D eigenvalue weighted by atomic mass is 15.2. The summed E-state index contributed by atoms with van der Waals surface area (Å²) in [6, 6.07) is 1.54. The van der Waals surface area contributed by atoms with Gasteiger partial charge in [-0.05, 0) is 46.1 Å². The van der Waals surface area contributed by atoms with Crippen molar-refractivity contribution in [1.82, 2.24) is 4.90 Å². The van der Waals surface area contributed by atoms with Crippen molar-refractivity contribution in [2.45, 2.75) is 59.0 Å². The molecule has 72 valence electrons. The van der Waals surface area contributed by atoms with Gasteiger partial charge in [0.25, 0.3) is 0 Å². The highest BCUT2D eigenvalue weighted by molar-refractivity contribution is 4.80. The summed E-state index contributed by atoms with van der Waals surface area (Å²) in [5, 5.41) is 0. The third kappa shape index (κ3) is 2.22. The van der Waals surface area contributed by atoms with Gasteiger partial charge in [0.2, 0.25) is 0 Å². The molecule has 0 unspecified atom stereocenters. The molecule has 0 bridgehead atoms. The Morgan fingerprint density at radius 3 is 2.50 bits per heavy atom. The van der Waals surface area contributed by atoms with Gasteiger partial charge in [0, 0.05) is 12.1 Å². The van der Waals surface area contributed by atoms with Crippen LogP contribution >= 0.6 is 0 Å². The van der Waals surface area contributed by atoms with Gasteiger partial charge in [0.1, 0.15) is 0 Å². The number of hydrogen-bond donors (Lipinski definition) is 0. The third-order valence-corrected chi connectivity index (χ3v) is 3.28. The van der Waals surface area contributed by atoms with Crippen LogP contribution in [-0.4, -0.2) is 23.5 Å². The first-order valence-electron chi connectivity index (χ1n) is 5.40. The minimum atomic E-state index is 0.734. The highest BCUT2D eigenvalue weighted by Gasteiger charge is 2.25. The molecule has 1 rings (SSSR count). The number of piperidine rings is 1. The second-order valence-electron chi connectivity index (χ2n) is 4.48. The van der Waals surface area contributed by atoms with E-state index in [1.165, 1.54) is 25.8 Å². The fourth-order valence-corrected chi connectivity index (χ4v) is 2.43. The van der Waals surface area contributed by atoms with Crippen LogP contribution in [-0.2, 0) is 0 Å². The van der Waals surface area contributed by atoms with Crippen molar-refractivity contribution in [2.75, 3.05) is 6.54 Å². The molecular weight excluding hydrogens is 146 g/mol. The van der Waals surface area contributed by atoms with Gasteiger partial charge in [-0.15, -0.1) is 0 Å². The quantitative estimate of drug-likeness (QED) is 0.614. The first-order chi connectivity index (χ1) is 5.65. The van der Waals surface area contributed by atoms with E-state index in [4.69, 9.17) is 0 Å². The van der Waals surface area contributed by atoms with Gasteiger partial charge < -0.3 is 0 Å². The molecule has 0 spiro atoms. The molecule has 0 aromatic carbocycles. The molecule has 0 aromatic rings. The molecule has 1 heterocycles. The van der Waals surface area contributed by atoms with E-state index in [1.54, 1.807) is 0 Å². The lowest BCUT2D eigenvalue weighted by molar-refractivity contribution is 0.0907. The Morgan fingerprint density at radius 1 is 1.42 bits per heavy atom. The molecule has 0 N–H and O–H groups in total. The van der Waals surface area contributed by atoms with Crippen LogP contribution in [0.15, 0.2) is 0 Å². The molecular formula is C11H23N. The van der Waals surface area contributed by atoms with Crippen LogP contribution in [0.3, 0.4) is 0 Å². The van der Waals surface area contributed by atoms with Crippen molar-refractivity contribution in [3.8, 4) is 0 Å². The molecule has 1 fully saturated rings. The largest absolute Gasteiger partial charge is 0.298 e. The summed E-state index contributed by atoms with van der Waals surface area (Å²) in [5.74, 6) is 0.995. The van der Waals surface area contributed by atoms with Gasteiger partial charge in [-0.1, -0.05) is 13.3 Å². The van der Waals surface area contributed by atoms with Crippen molar-refractivity contribution in [1.29, 1.82) is 0 Å². The van der Waals surface area contributed by atoms with E-state index in [-0.39, 0.29) is 0 Å². The predicted molar refractivity (Wildman–Crippen MR) is 54.3 cm³/mol. The minimum Gasteiger partial charge on any atom is -0.298 e. The smallest absolute Gasteiger partial charge is 0.00722 e. The number of rotatable bonds is 2. The third-order valence-electron chi connectivity index (χ3n) is 3.28. The van der Waals surface area contributed by atoms with Gasteiger partial charge >= 0.3 is 0 Å². The Morgan fingerprint density at radius 2 is 2.08 bits per heavy atom. The van der Waals surface area contributed by atoms with E-state index < -0.39 is 0 Å². The molecule has 0 radical (unpaired) electrons. The summed E-state index contributed by atoms with van der Waals surface area (Å²) in [6.07, 6.45) is 4.20. The van der Waals surface area contributed by atoms with Gasteiger partial charge in [-0.3, -0.25) is 4.90 Å². The van der Waals surface area contributed by atoms with Crippen LogP contribution in [0.1, 0.15) is 47.0 Å². The molecule has 1 aliphatic heterocycles. The Bertz CT molecular complexity index is 131. The van der Waals surface area contributed by atoms with Crippen molar-refractivity contribution in [3.63, 3.8) is 0 Å². The maximum absolute atomic E-state index is 2.63. The van der Waals surface area contributed by atoms with Crippen LogP contribution in [0.25, 0.3) is 0 Å². The summed E-state index contributed by atoms with van der Waals surface area (Å²) in [4.78, 5) is 2.63. The summed E-state index contributed by atoms with van der Waals surface area (Å²) < 4.78 is 0. The zero-order valence-corrected chi connectivity index (χ0v) is 9.01. The van der Waals surface area contributed by atoms with E-state index in [2.05, 4.69) is 32.6 Å². The number of likely N-dealkylation sites (tertiary alicyclic amines) is 1. The summed E-state index contributed by atoms with van der Waals surface area (Å²) in [5.41, 5.74) is 0. The fourth-order valence-electron chi connectivity index (χ4n) is 2.43. The first-order valence-corrected chi connectivity index (χ1v) is 5.40. The van der Waals surface area contributed by atoms with E-state index in [0.29, 0.717) is 0 Å². The number of hydrogen-bond acceptors (Lipinski definition) is 1. The zero-order valence-electron chi connectivity index (χ0n) is 9.01. The lowest BCUT2D eigenvalue weighted by Crippen LogP contribution is -2.44. The zero-order chi connectivity index (χ0) is 9.14. The normalized spacial score (nSPS) is 32.8. The fraction of sp³-hybridized carbons (Fsp3) is 1.00. The Kier molecular flexibility index (Phi) is 3.57. The molecule has 0 aliphatic carbocycles. The van der Waals surface area contributed by atoms with Crippen LogP contribution < -0.4 is 0 Å². The molecule has 1 aliphatic rings. The van der Waals surface area contributed by atoms with Crippen LogP contribution in [0, 0.1) is 5.92 Å². The summed E-state index contributed by atoms with van der Waals surface area (Å²) >= 11 is 0. The highest BCUT2D eigenvalue weighted by Crippen LogP contribution is 2.26. The topological polar surface area (TPSA) is 3.24 Å². The average Bonchev–Trinajstić information content (AvgIpc) is 2.03. The molecule has 0 amide bonds. The summed E-state index contributed by atoms with van der Waals surface area (Å²) in [6.45, 7) is 10.6.